The summed E-state index contributed by atoms with van der Waals surface area (Å²) in [6, 6.07) is 12.7. The molecule has 4 nitrogen and oxygen atoms in total. The molecule has 23 heavy (non-hydrogen) atoms. The molecule has 3 rings (SSSR count). The second-order valence-electron chi connectivity index (χ2n) is 6.27. The molecule has 0 bridgehead atoms. The van der Waals surface area contributed by atoms with Crippen LogP contribution in [0.25, 0.3) is 0 Å². The molecule has 0 unspecified atom stereocenters. The van der Waals surface area contributed by atoms with Gasteiger partial charge < -0.3 is 14.8 Å². The van der Waals surface area contributed by atoms with Crippen LogP contribution in [-0.2, 0) is 13.1 Å². The zero-order valence-electron chi connectivity index (χ0n) is 14.0. The normalized spacial score (nSPS) is 17.0. The van der Waals surface area contributed by atoms with Crippen LogP contribution in [0.2, 0.25) is 0 Å². The molecule has 0 saturated heterocycles. The van der Waals surface area contributed by atoms with E-state index < -0.39 is 0 Å². The van der Waals surface area contributed by atoms with Gasteiger partial charge in [0.1, 0.15) is 0 Å². The number of fused-ring (bicyclic) bond motifs is 1. The molecule has 4 heteroatoms. The minimum Gasteiger partial charge on any atom is -0.348 e. The van der Waals surface area contributed by atoms with E-state index in [1.807, 2.05) is 4.90 Å². The number of rotatable bonds is 4. The van der Waals surface area contributed by atoms with Gasteiger partial charge in [-0.25, -0.2) is 4.79 Å². The Morgan fingerprint density at radius 1 is 1.22 bits per heavy atom. The molecule has 1 atom stereocenters. The zero-order valence-corrected chi connectivity index (χ0v) is 14.0. The summed E-state index contributed by atoms with van der Waals surface area (Å²) in [5.74, 6) is 0. The summed E-state index contributed by atoms with van der Waals surface area (Å²) in [5, 5.41) is 3.08. The van der Waals surface area contributed by atoms with Crippen molar-refractivity contribution in [3.63, 3.8) is 0 Å². The van der Waals surface area contributed by atoms with E-state index in [0.717, 1.165) is 31.5 Å². The van der Waals surface area contributed by atoms with Gasteiger partial charge in [0.15, 0.2) is 0 Å². The Labute approximate surface area is 138 Å². The van der Waals surface area contributed by atoms with Gasteiger partial charge in [0, 0.05) is 31.5 Å². The van der Waals surface area contributed by atoms with Crippen molar-refractivity contribution in [2.45, 2.75) is 45.8 Å². The van der Waals surface area contributed by atoms with Gasteiger partial charge in [-0.2, -0.15) is 0 Å². The van der Waals surface area contributed by atoms with Crippen LogP contribution in [-0.4, -0.2) is 22.0 Å². The molecule has 0 aliphatic carbocycles. The molecule has 1 aliphatic rings. The van der Waals surface area contributed by atoms with Crippen LogP contribution in [0, 0.1) is 6.92 Å². The lowest BCUT2D eigenvalue weighted by Crippen LogP contribution is -2.46. The van der Waals surface area contributed by atoms with E-state index in [2.05, 4.69) is 66.3 Å². The largest absolute Gasteiger partial charge is 0.348 e. The highest BCUT2D eigenvalue weighted by Gasteiger charge is 2.29. The fourth-order valence-corrected chi connectivity index (χ4v) is 3.27. The van der Waals surface area contributed by atoms with E-state index in [1.54, 1.807) is 0 Å². The molecule has 0 fully saturated rings. The van der Waals surface area contributed by atoms with Gasteiger partial charge in [-0.05, 0) is 31.0 Å². The molecular formula is C19H25N3O. The topological polar surface area (TPSA) is 37.3 Å². The summed E-state index contributed by atoms with van der Waals surface area (Å²) in [4.78, 5) is 14.7. The van der Waals surface area contributed by atoms with Gasteiger partial charge in [-0.1, -0.05) is 43.2 Å². The van der Waals surface area contributed by atoms with Crippen molar-refractivity contribution in [3.8, 4) is 0 Å². The Hall–Kier alpha value is -2.23. The van der Waals surface area contributed by atoms with Gasteiger partial charge in [-0.15, -0.1) is 0 Å². The van der Waals surface area contributed by atoms with E-state index in [1.165, 1.54) is 11.3 Å². The number of aromatic nitrogens is 1. The molecule has 2 aromatic rings. The third-order valence-corrected chi connectivity index (χ3v) is 4.55. The van der Waals surface area contributed by atoms with Gasteiger partial charge in [0.25, 0.3) is 0 Å². The maximum absolute atomic E-state index is 12.7. The van der Waals surface area contributed by atoms with Crippen LogP contribution in [0.3, 0.4) is 0 Å². The smallest absolute Gasteiger partial charge is 0.318 e. The molecule has 1 N–H and O–H groups in total. The Balaban J connectivity index is 1.67. The molecule has 1 aromatic heterocycles. The van der Waals surface area contributed by atoms with Crippen LogP contribution in [0.5, 0.6) is 0 Å². The molecule has 1 aliphatic heterocycles. The summed E-state index contributed by atoms with van der Waals surface area (Å²) in [7, 11) is 0. The summed E-state index contributed by atoms with van der Waals surface area (Å²) in [5.41, 5.74) is 3.62. The Kier molecular flexibility index (Phi) is 4.70. The van der Waals surface area contributed by atoms with E-state index in [0.29, 0.717) is 6.54 Å². The fourth-order valence-electron chi connectivity index (χ4n) is 3.27. The maximum atomic E-state index is 12.7. The number of aryl methyl sites for hydroxylation is 1. The van der Waals surface area contributed by atoms with Crippen LogP contribution in [0.4, 0.5) is 4.79 Å². The zero-order chi connectivity index (χ0) is 16.2. The number of amides is 2. The monoisotopic (exact) mass is 311 g/mol. The summed E-state index contributed by atoms with van der Waals surface area (Å²) >= 11 is 0. The van der Waals surface area contributed by atoms with E-state index in [-0.39, 0.29) is 12.1 Å². The quantitative estimate of drug-likeness (QED) is 0.914. The maximum Gasteiger partial charge on any atom is 0.318 e. The number of carbonyl (C=O) groups excluding carboxylic acids is 1. The van der Waals surface area contributed by atoms with Crippen molar-refractivity contribution >= 4 is 6.03 Å². The van der Waals surface area contributed by atoms with Crippen molar-refractivity contribution in [3.05, 3.63) is 59.4 Å². The number of benzene rings is 1. The average molecular weight is 311 g/mol. The number of nitrogens with zero attached hydrogens (tertiary/aromatic N) is 2. The van der Waals surface area contributed by atoms with E-state index >= 15 is 0 Å². The molecule has 0 spiro atoms. The first kappa shape index (κ1) is 15.7. The molecule has 1 aromatic carbocycles. The number of hydrogen-bond acceptors (Lipinski definition) is 1. The average Bonchev–Trinajstić information content (AvgIpc) is 3.03. The number of hydrogen-bond donors (Lipinski definition) is 1. The van der Waals surface area contributed by atoms with Crippen molar-refractivity contribution < 1.29 is 4.79 Å². The van der Waals surface area contributed by atoms with Crippen LogP contribution in [0.15, 0.2) is 42.6 Å². The van der Waals surface area contributed by atoms with Crippen LogP contribution >= 0.6 is 0 Å². The van der Waals surface area contributed by atoms with Crippen molar-refractivity contribution in [1.82, 2.24) is 14.8 Å². The molecule has 0 radical (unpaired) electrons. The molecule has 2 heterocycles. The van der Waals surface area contributed by atoms with Crippen molar-refractivity contribution in [1.29, 1.82) is 0 Å². The van der Waals surface area contributed by atoms with Crippen LogP contribution in [0.1, 0.15) is 42.6 Å². The first-order valence-corrected chi connectivity index (χ1v) is 8.44. The van der Waals surface area contributed by atoms with Gasteiger partial charge in [0.2, 0.25) is 0 Å². The molecule has 122 valence electrons. The minimum absolute atomic E-state index is 0.0384. The Bertz CT molecular complexity index is 660. The molecule has 0 saturated carbocycles. The predicted molar refractivity (Wildman–Crippen MR) is 92.2 cm³/mol. The lowest BCUT2D eigenvalue weighted by atomic mass is 10.0. The summed E-state index contributed by atoms with van der Waals surface area (Å²) < 4.78 is 2.27. The Morgan fingerprint density at radius 2 is 2.00 bits per heavy atom. The third-order valence-electron chi connectivity index (χ3n) is 4.55. The summed E-state index contributed by atoms with van der Waals surface area (Å²) in [6.07, 6.45) is 4.18. The van der Waals surface area contributed by atoms with E-state index in [4.69, 9.17) is 0 Å². The highest BCUT2D eigenvalue weighted by molar-refractivity contribution is 5.75. The third kappa shape index (κ3) is 3.41. The van der Waals surface area contributed by atoms with Gasteiger partial charge >= 0.3 is 6.03 Å². The highest BCUT2D eigenvalue weighted by Crippen LogP contribution is 2.29. The standard InChI is InChI=1S/C19H25N3O/c1-3-5-18-17-6-4-11-21(17)12-13-22(18)19(23)20-14-16-9-7-15(2)8-10-16/h4,6-11,18H,3,5,12-14H2,1-2H3,(H,20,23)/t18-/m1/s1. The van der Waals surface area contributed by atoms with Crippen molar-refractivity contribution in [2.75, 3.05) is 6.54 Å². The Morgan fingerprint density at radius 3 is 2.74 bits per heavy atom. The minimum atomic E-state index is 0.0384. The van der Waals surface area contributed by atoms with Gasteiger partial charge in [0.05, 0.1) is 6.04 Å². The first-order chi connectivity index (χ1) is 11.2. The lowest BCUT2D eigenvalue weighted by molar-refractivity contribution is 0.150. The first-order valence-electron chi connectivity index (χ1n) is 8.44. The van der Waals surface area contributed by atoms with Crippen molar-refractivity contribution in [2.24, 2.45) is 0 Å². The molecular weight excluding hydrogens is 286 g/mol. The predicted octanol–water partition coefficient (Wildman–Crippen LogP) is 3.86. The van der Waals surface area contributed by atoms with Crippen LogP contribution < -0.4 is 5.32 Å². The lowest BCUT2D eigenvalue weighted by Gasteiger charge is -2.37. The highest BCUT2D eigenvalue weighted by atomic mass is 16.2. The molecule has 2 amide bonds. The van der Waals surface area contributed by atoms with Gasteiger partial charge in [-0.3, -0.25) is 0 Å². The second kappa shape index (κ2) is 6.90. The summed E-state index contributed by atoms with van der Waals surface area (Å²) in [6.45, 7) is 6.47. The number of carbonyl (C=O) groups is 1. The SMILES string of the molecule is CCC[C@@H]1c2cccn2CCN1C(=O)NCc1ccc(C)cc1. The van der Waals surface area contributed by atoms with E-state index in [9.17, 15) is 4.79 Å². The number of nitrogens with one attached hydrogen (secondary N) is 1. The second-order valence-corrected chi connectivity index (χ2v) is 6.27. The number of urea groups is 1. The fraction of sp³-hybridized carbons (Fsp3) is 0.421.